The second-order valence-electron chi connectivity index (χ2n) is 6.91. The number of likely N-dealkylation sites (N-methyl/N-ethyl adjacent to an activating group) is 1. The van der Waals surface area contributed by atoms with Gasteiger partial charge in [-0.3, -0.25) is 4.90 Å². The highest BCUT2D eigenvalue weighted by atomic mass is 32.2. The van der Waals surface area contributed by atoms with Crippen LogP contribution < -0.4 is 4.90 Å². The highest BCUT2D eigenvalue weighted by Crippen LogP contribution is 2.33. The number of urea groups is 1. The van der Waals surface area contributed by atoms with Gasteiger partial charge < -0.3 is 4.90 Å². The summed E-state index contributed by atoms with van der Waals surface area (Å²) >= 11 is 0.945. The van der Waals surface area contributed by atoms with Crippen molar-refractivity contribution >= 4 is 32.3 Å². The summed E-state index contributed by atoms with van der Waals surface area (Å²) in [4.78, 5) is 18.5. The molecule has 10 heteroatoms. The topological polar surface area (TPSA) is 86.7 Å². The average molecular weight is 400 g/mol. The zero-order valence-electron chi connectivity index (χ0n) is 15.2. The fourth-order valence-electron chi connectivity index (χ4n) is 3.65. The molecule has 0 aromatic carbocycles. The molecule has 2 amide bonds. The Morgan fingerprint density at radius 2 is 2.00 bits per heavy atom. The van der Waals surface area contributed by atoms with Gasteiger partial charge in [-0.1, -0.05) is 36.7 Å². The van der Waals surface area contributed by atoms with E-state index in [1.54, 1.807) is 15.9 Å². The molecule has 0 bridgehead atoms. The van der Waals surface area contributed by atoms with Crippen LogP contribution in [-0.2, 0) is 9.84 Å². The van der Waals surface area contributed by atoms with Crippen LogP contribution in [0.15, 0.2) is 17.0 Å². The molecule has 8 nitrogen and oxygen atoms in total. The predicted octanol–water partition coefficient (Wildman–Crippen LogP) is 1.96. The van der Waals surface area contributed by atoms with Gasteiger partial charge in [0, 0.05) is 18.8 Å². The van der Waals surface area contributed by atoms with Gasteiger partial charge in [-0.2, -0.15) is 0 Å². The van der Waals surface area contributed by atoms with E-state index in [4.69, 9.17) is 0 Å². The van der Waals surface area contributed by atoms with E-state index in [1.165, 1.54) is 19.3 Å². The van der Waals surface area contributed by atoms with Gasteiger partial charge in [0.1, 0.15) is 6.17 Å². The van der Waals surface area contributed by atoms with Crippen molar-refractivity contribution in [3.8, 4) is 0 Å². The first-order chi connectivity index (χ1) is 12.3. The molecule has 0 radical (unpaired) electrons. The maximum atomic E-state index is 12.9. The molecular weight excluding hydrogens is 374 g/mol. The fourth-order valence-corrected chi connectivity index (χ4v) is 5.28. The van der Waals surface area contributed by atoms with Gasteiger partial charge in [-0.25, -0.2) is 18.1 Å². The van der Waals surface area contributed by atoms with Crippen LogP contribution in [0.3, 0.4) is 0 Å². The Labute approximate surface area is 158 Å². The third-order valence-electron chi connectivity index (χ3n) is 5.05. The summed E-state index contributed by atoms with van der Waals surface area (Å²) in [7, 11) is -1.41. The van der Waals surface area contributed by atoms with Crippen molar-refractivity contribution in [2.24, 2.45) is 0 Å². The van der Waals surface area contributed by atoms with E-state index in [2.05, 4.69) is 21.7 Å². The van der Waals surface area contributed by atoms with Crippen molar-refractivity contribution in [1.29, 1.82) is 0 Å². The monoisotopic (exact) mass is 399 g/mol. The van der Waals surface area contributed by atoms with Gasteiger partial charge in [0.2, 0.25) is 19.3 Å². The molecule has 1 saturated carbocycles. The summed E-state index contributed by atoms with van der Waals surface area (Å²) < 4.78 is 23.4. The van der Waals surface area contributed by atoms with Crippen molar-refractivity contribution in [1.82, 2.24) is 20.0 Å². The van der Waals surface area contributed by atoms with Gasteiger partial charge in [-0.15, -0.1) is 16.8 Å². The molecule has 2 fully saturated rings. The molecule has 1 unspecified atom stereocenters. The fraction of sp³-hybridized carbons (Fsp3) is 0.688. The largest absolute Gasteiger partial charge is 0.328 e. The van der Waals surface area contributed by atoms with Crippen LogP contribution in [0.4, 0.5) is 9.93 Å². The molecule has 2 heterocycles. The Kier molecular flexibility index (Phi) is 5.64. The number of nitrogens with zero attached hydrogens (tertiary/aromatic N) is 5. The molecule has 1 aliphatic carbocycles. The molecule has 0 spiro atoms. The van der Waals surface area contributed by atoms with Gasteiger partial charge in [-0.05, 0) is 19.9 Å². The number of carbonyl (C=O) groups excluding carboxylic acids is 1. The summed E-state index contributed by atoms with van der Waals surface area (Å²) in [5.74, 6) is 0. The molecule has 1 aromatic heterocycles. The molecule has 1 atom stereocenters. The lowest BCUT2D eigenvalue weighted by atomic mass is 9.94. The number of anilines is 1. The van der Waals surface area contributed by atoms with Crippen molar-refractivity contribution < 1.29 is 13.2 Å². The zero-order valence-corrected chi connectivity index (χ0v) is 16.8. The number of hydrogen-bond donors (Lipinski definition) is 0. The minimum absolute atomic E-state index is 0.0680. The minimum atomic E-state index is -3.45. The third-order valence-corrected chi connectivity index (χ3v) is 7.64. The third kappa shape index (κ3) is 3.77. The highest BCUT2D eigenvalue weighted by Gasteiger charge is 2.43. The van der Waals surface area contributed by atoms with Gasteiger partial charge in [0.15, 0.2) is 0 Å². The zero-order chi connectivity index (χ0) is 18.9. The maximum absolute atomic E-state index is 12.9. The number of carbonyl (C=O) groups is 1. The first-order valence-electron chi connectivity index (χ1n) is 8.77. The molecule has 26 heavy (non-hydrogen) atoms. The van der Waals surface area contributed by atoms with Crippen molar-refractivity contribution in [3.63, 3.8) is 0 Å². The van der Waals surface area contributed by atoms with Gasteiger partial charge in [0.25, 0.3) is 0 Å². The van der Waals surface area contributed by atoms with Crippen LogP contribution in [-0.4, -0.2) is 73.0 Å². The normalized spacial score (nSPS) is 22.4. The number of aromatic nitrogens is 2. The van der Waals surface area contributed by atoms with Crippen LogP contribution >= 0.6 is 11.3 Å². The summed E-state index contributed by atoms with van der Waals surface area (Å²) in [6, 6.07) is 0.226. The summed E-state index contributed by atoms with van der Waals surface area (Å²) in [6.45, 7) is 4.70. The standard InChI is InChI=1S/C16H25N5O3S2/c1-4-10-20-11-13(19(2)12-8-6-5-7-9-12)21(16(20)22)14-17-18-15(25-14)26(3,23)24/h4,12-13H,1,5-11H2,2-3H3. The van der Waals surface area contributed by atoms with Crippen molar-refractivity contribution in [2.45, 2.75) is 48.7 Å². The van der Waals surface area contributed by atoms with Crippen molar-refractivity contribution in [3.05, 3.63) is 12.7 Å². The van der Waals surface area contributed by atoms with E-state index in [-0.39, 0.29) is 16.5 Å². The molecule has 1 aliphatic heterocycles. The molecule has 1 aromatic rings. The molecular formula is C16H25N5O3S2. The summed E-state index contributed by atoms with van der Waals surface area (Å²) in [5, 5.41) is 8.10. The number of hydrogen-bond acceptors (Lipinski definition) is 7. The number of sulfone groups is 1. The minimum Gasteiger partial charge on any atom is -0.317 e. The van der Waals surface area contributed by atoms with Crippen LogP contribution in [0.2, 0.25) is 0 Å². The Morgan fingerprint density at radius 1 is 1.31 bits per heavy atom. The molecule has 1 saturated heterocycles. The van der Waals surface area contributed by atoms with Crippen LogP contribution in [0.25, 0.3) is 0 Å². The van der Waals surface area contributed by atoms with E-state index in [0.29, 0.717) is 24.3 Å². The average Bonchev–Trinajstić information content (AvgIpc) is 3.21. The van der Waals surface area contributed by atoms with Gasteiger partial charge in [0.05, 0.1) is 6.54 Å². The second-order valence-corrected chi connectivity index (χ2v) is 10.1. The summed E-state index contributed by atoms with van der Waals surface area (Å²) in [5.41, 5.74) is 0. The van der Waals surface area contributed by atoms with Crippen LogP contribution in [0, 0.1) is 0 Å². The Hall–Kier alpha value is -1.52. The van der Waals surface area contributed by atoms with Crippen LogP contribution in [0.1, 0.15) is 32.1 Å². The molecule has 2 aliphatic rings. The smallest absolute Gasteiger partial charge is 0.317 e. The second kappa shape index (κ2) is 7.61. The lowest BCUT2D eigenvalue weighted by Gasteiger charge is -2.37. The quantitative estimate of drug-likeness (QED) is 0.537. The SMILES string of the molecule is C=CCN1CC(N(C)C2CCCCC2)N(c2nnc(S(C)(=O)=O)s2)C1=O. The Bertz CT molecular complexity index is 773. The Morgan fingerprint density at radius 3 is 2.58 bits per heavy atom. The predicted molar refractivity (Wildman–Crippen MR) is 101 cm³/mol. The van der Waals surface area contributed by atoms with E-state index >= 15 is 0 Å². The van der Waals surface area contributed by atoms with Crippen LogP contribution in [0.5, 0.6) is 0 Å². The number of amides is 2. The number of rotatable bonds is 6. The molecule has 3 rings (SSSR count). The lowest BCUT2D eigenvalue weighted by Crippen LogP contribution is -2.50. The van der Waals surface area contributed by atoms with E-state index in [9.17, 15) is 13.2 Å². The van der Waals surface area contributed by atoms with E-state index in [1.807, 2.05) is 7.05 Å². The Balaban J connectivity index is 1.90. The summed E-state index contributed by atoms with van der Waals surface area (Å²) in [6.07, 6.45) is 8.48. The van der Waals surface area contributed by atoms with Gasteiger partial charge >= 0.3 is 6.03 Å². The molecule has 0 N–H and O–H groups in total. The molecule has 144 valence electrons. The highest BCUT2D eigenvalue weighted by molar-refractivity contribution is 7.92. The van der Waals surface area contributed by atoms with Crippen molar-refractivity contribution in [2.75, 3.05) is 31.3 Å². The maximum Gasteiger partial charge on any atom is 0.328 e. The lowest BCUT2D eigenvalue weighted by molar-refractivity contribution is 0.139. The van der Waals surface area contributed by atoms with E-state index in [0.717, 1.165) is 30.4 Å². The first-order valence-corrected chi connectivity index (χ1v) is 11.5. The first kappa shape index (κ1) is 19.2. The van der Waals surface area contributed by atoms with E-state index < -0.39 is 9.84 Å².